The van der Waals surface area contributed by atoms with Gasteiger partial charge in [0.25, 0.3) is 5.91 Å². The number of aromatic amines is 1. The number of fused-ring (bicyclic) bond motifs is 3. The van der Waals surface area contributed by atoms with Gasteiger partial charge in [0.1, 0.15) is 13.2 Å². The van der Waals surface area contributed by atoms with Gasteiger partial charge in [-0.15, -0.1) is 0 Å². The molecule has 2 aromatic heterocycles. The topological polar surface area (TPSA) is 76.2 Å². The lowest BCUT2D eigenvalue weighted by Gasteiger charge is -2.17. The lowest BCUT2D eigenvalue weighted by atomic mass is 10.2. The first-order valence-electron chi connectivity index (χ1n) is 7.85. The second kappa shape index (κ2) is 5.49. The average molecular weight is 351 g/mol. The van der Waals surface area contributed by atoms with Crippen molar-refractivity contribution < 1.29 is 14.3 Å². The van der Waals surface area contributed by atoms with Crippen molar-refractivity contribution in [3.63, 3.8) is 0 Å². The maximum Gasteiger partial charge on any atom is 0.259 e. The number of carbonyl (C=O) groups is 1. The molecule has 0 fully saturated rings. The minimum absolute atomic E-state index is 0.186. The number of para-hydroxylation sites is 1. The zero-order chi connectivity index (χ0) is 16.8. The van der Waals surface area contributed by atoms with Gasteiger partial charge in [0.2, 0.25) is 0 Å². The highest BCUT2D eigenvalue weighted by Crippen LogP contribution is 2.38. The SMILES string of the molecule is O=C(Nc1nc2cc3c(cc2s1)OCCO3)c1c[nH]c2ccccc12. The molecule has 4 aromatic rings. The molecule has 2 aromatic carbocycles. The summed E-state index contributed by atoms with van der Waals surface area (Å²) in [6.45, 7) is 1.08. The molecule has 0 aliphatic carbocycles. The van der Waals surface area contributed by atoms with Crippen LogP contribution in [0.1, 0.15) is 10.4 Å². The predicted molar refractivity (Wildman–Crippen MR) is 96.9 cm³/mol. The van der Waals surface area contributed by atoms with Crippen molar-refractivity contribution in [3.05, 3.63) is 48.2 Å². The van der Waals surface area contributed by atoms with Crippen LogP contribution in [0.3, 0.4) is 0 Å². The fraction of sp³-hybridized carbons (Fsp3) is 0.111. The molecular formula is C18H13N3O3S. The van der Waals surface area contributed by atoms with Crippen molar-refractivity contribution in [1.82, 2.24) is 9.97 Å². The van der Waals surface area contributed by atoms with Gasteiger partial charge in [-0.05, 0) is 6.07 Å². The average Bonchev–Trinajstić information content (AvgIpc) is 3.22. The number of H-pyrrole nitrogens is 1. The van der Waals surface area contributed by atoms with Crippen molar-refractivity contribution in [3.8, 4) is 11.5 Å². The number of nitrogens with one attached hydrogen (secondary N) is 2. The van der Waals surface area contributed by atoms with E-state index in [9.17, 15) is 4.79 Å². The van der Waals surface area contributed by atoms with Gasteiger partial charge in [-0.2, -0.15) is 0 Å². The largest absolute Gasteiger partial charge is 0.486 e. The highest BCUT2D eigenvalue weighted by molar-refractivity contribution is 7.22. The van der Waals surface area contributed by atoms with Gasteiger partial charge in [-0.1, -0.05) is 29.5 Å². The van der Waals surface area contributed by atoms with Crippen LogP contribution < -0.4 is 14.8 Å². The maximum atomic E-state index is 12.6. The molecule has 7 heteroatoms. The second-order valence-electron chi connectivity index (χ2n) is 5.68. The van der Waals surface area contributed by atoms with Crippen LogP contribution in [-0.2, 0) is 0 Å². The van der Waals surface area contributed by atoms with Gasteiger partial charge in [-0.25, -0.2) is 4.98 Å². The summed E-state index contributed by atoms with van der Waals surface area (Å²) in [6.07, 6.45) is 1.72. The van der Waals surface area contributed by atoms with Gasteiger partial charge in [-0.3, -0.25) is 10.1 Å². The minimum atomic E-state index is -0.186. The number of thiazole rings is 1. The van der Waals surface area contributed by atoms with E-state index in [1.807, 2.05) is 36.4 Å². The van der Waals surface area contributed by atoms with E-state index in [2.05, 4.69) is 15.3 Å². The monoisotopic (exact) mass is 351 g/mol. The quantitative estimate of drug-likeness (QED) is 0.576. The highest BCUT2D eigenvalue weighted by Gasteiger charge is 2.17. The summed E-state index contributed by atoms with van der Waals surface area (Å²) in [4.78, 5) is 20.2. The van der Waals surface area contributed by atoms with Crippen LogP contribution >= 0.6 is 11.3 Å². The normalized spacial score (nSPS) is 13.3. The first-order valence-corrected chi connectivity index (χ1v) is 8.67. The molecule has 0 bridgehead atoms. The number of carbonyl (C=O) groups excluding carboxylic acids is 1. The van der Waals surface area contributed by atoms with Crippen LogP contribution in [0.15, 0.2) is 42.6 Å². The van der Waals surface area contributed by atoms with E-state index in [4.69, 9.17) is 9.47 Å². The molecule has 2 N–H and O–H groups in total. The molecule has 0 atom stereocenters. The van der Waals surface area contributed by atoms with Crippen LogP contribution in [0.4, 0.5) is 5.13 Å². The number of aromatic nitrogens is 2. The summed E-state index contributed by atoms with van der Waals surface area (Å²) in [5, 5.41) is 4.32. The van der Waals surface area contributed by atoms with Crippen LogP contribution in [0, 0.1) is 0 Å². The number of benzene rings is 2. The Kier molecular flexibility index (Phi) is 3.14. The third-order valence-electron chi connectivity index (χ3n) is 4.11. The number of anilines is 1. The number of rotatable bonds is 2. The van der Waals surface area contributed by atoms with E-state index in [1.54, 1.807) is 6.20 Å². The van der Waals surface area contributed by atoms with Gasteiger partial charge in [0.15, 0.2) is 16.6 Å². The standard InChI is InChI=1S/C18H13N3O3S/c22-17(11-9-19-12-4-2-1-3-10(11)12)21-18-20-13-7-14-15(8-16(13)25-18)24-6-5-23-14/h1-4,7-9,19H,5-6H2,(H,20,21,22). The smallest absolute Gasteiger partial charge is 0.259 e. The second-order valence-corrected chi connectivity index (χ2v) is 6.72. The summed E-state index contributed by atoms with van der Waals surface area (Å²) in [6, 6.07) is 11.5. The summed E-state index contributed by atoms with van der Waals surface area (Å²) < 4.78 is 12.1. The fourth-order valence-corrected chi connectivity index (χ4v) is 3.81. The Morgan fingerprint density at radius 2 is 1.96 bits per heavy atom. The van der Waals surface area contributed by atoms with E-state index in [0.29, 0.717) is 29.7 Å². The van der Waals surface area contributed by atoms with E-state index in [0.717, 1.165) is 26.9 Å². The Labute approximate surface area is 146 Å². The molecule has 0 radical (unpaired) electrons. The molecule has 0 unspecified atom stereocenters. The number of hydrogen-bond donors (Lipinski definition) is 2. The first-order chi connectivity index (χ1) is 12.3. The van der Waals surface area contributed by atoms with Crippen molar-refractivity contribution in [1.29, 1.82) is 0 Å². The van der Waals surface area contributed by atoms with Gasteiger partial charge in [0, 0.05) is 29.2 Å². The van der Waals surface area contributed by atoms with E-state index in [1.165, 1.54) is 11.3 Å². The lowest BCUT2D eigenvalue weighted by molar-refractivity contribution is 0.102. The Hall–Kier alpha value is -3.06. The predicted octanol–water partition coefficient (Wildman–Crippen LogP) is 3.80. The van der Waals surface area contributed by atoms with Crippen LogP contribution in [0.2, 0.25) is 0 Å². The third-order valence-corrected chi connectivity index (χ3v) is 5.04. The number of ether oxygens (including phenoxy) is 2. The van der Waals surface area contributed by atoms with Crippen molar-refractivity contribution >= 4 is 43.5 Å². The zero-order valence-electron chi connectivity index (χ0n) is 13.0. The van der Waals surface area contributed by atoms with Crippen LogP contribution in [0.25, 0.3) is 21.1 Å². The van der Waals surface area contributed by atoms with Crippen LogP contribution in [0.5, 0.6) is 11.5 Å². The minimum Gasteiger partial charge on any atom is -0.486 e. The van der Waals surface area contributed by atoms with Gasteiger partial charge >= 0.3 is 0 Å². The molecular weight excluding hydrogens is 338 g/mol. The van der Waals surface area contributed by atoms with Crippen molar-refractivity contribution in [2.45, 2.75) is 0 Å². The highest BCUT2D eigenvalue weighted by atomic mass is 32.1. The molecule has 1 amide bonds. The number of hydrogen-bond acceptors (Lipinski definition) is 5. The Bertz CT molecular complexity index is 1070. The summed E-state index contributed by atoms with van der Waals surface area (Å²) in [5.74, 6) is 1.23. The molecule has 1 aliphatic rings. The Morgan fingerprint density at radius 3 is 2.84 bits per heavy atom. The van der Waals surface area contributed by atoms with Gasteiger partial charge in [0.05, 0.1) is 15.8 Å². The summed E-state index contributed by atoms with van der Waals surface area (Å²) in [7, 11) is 0. The molecule has 3 heterocycles. The molecule has 6 nitrogen and oxygen atoms in total. The molecule has 5 rings (SSSR count). The van der Waals surface area contributed by atoms with Crippen LogP contribution in [-0.4, -0.2) is 29.1 Å². The number of nitrogens with zero attached hydrogens (tertiary/aromatic N) is 1. The number of amides is 1. The molecule has 124 valence electrons. The summed E-state index contributed by atoms with van der Waals surface area (Å²) >= 11 is 1.41. The molecule has 1 aliphatic heterocycles. The lowest BCUT2D eigenvalue weighted by Crippen LogP contribution is -2.15. The van der Waals surface area contributed by atoms with Gasteiger partial charge < -0.3 is 14.5 Å². The molecule has 0 saturated heterocycles. The van der Waals surface area contributed by atoms with E-state index < -0.39 is 0 Å². The maximum absolute atomic E-state index is 12.6. The van der Waals surface area contributed by atoms with E-state index >= 15 is 0 Å². The first kappa shape index (κ1) is 14.3. The molecule has 25 heavy (non-hydrogen) atoms. The fourth-order valence-electron chi connectivity index (χ4n) is 2.94. The zero-order valence-corrected chi connectivity index (χ0v) is 13.9. The summed E-state index contributed by atoms with van der Waals surface area (Å²) in [5.41, 5.74) is 2.31. The molecule has 0 saturated carbocycles. The van der Waals surface area contributed by atoms with E-state index in [-0.39, 0.29) is 5.91 Å². The molecule has 0 spiro atoms. The van der Waals surface area contributed by atoms with Crippen molar-refractivity contribution in [2.24, 2.45) is 0 Å². The van der Waals surface area contributed by atoms with Crippen molar-refractivity contribution in [2.75, 3.05) is 18.5 Å². The Balaban J connectivity index is 1.48. The Morgan fingerprint density at radius 1 is 1.16 bits per heavy atom. The third kappa shape index (κ3) is 2.40.